The Hall–Kier alpha value is -0.950. The molecule has 5 nitrogen and oxygen atoms in total. The van der Waals surface area contributed by atoms with Gasteiger partial charge >= 0.3 is 0 Å². The molecule has 1 fully saturated rings. The van der Waals surface area contributed by atoms with Gasteiger partial charge in [-0.1, -0.05) is 24.3 Å². The van der Waals surface area contributed by atoms with Crippen LogP contribution < -0.4 is 4.72 Å². The van der Waals surface area contributed by atoms with E-state index in [1.54, 1.807) is 24.3 Å². The predicted octanol–water partition coefficient (Wildman–Crippen LogP) is 1.08. The van der Waals surface area contributed by atoms with Gasteiger partial charge in [0.25, 0.3) is 0 Å². The van der Waals surface area contributed by atoms with Gasteiger partial charge in [-0.3, -0.25) is 4.90 Å². The van der Waals surface area contributed by atoms with Crippen molar-refractivity contribution >= 4 is 10.0 Å². The molecule has 0 aromatic heterocycles. The highest BCUT2D eigenvalue weighted by atomic mass is 32.2. The summed E-state index contributed by atoms with van der Waals surface area (Å²) in [7, 11) is -3.34. The molecule has 2 N–H and O–H groups in total. The standard InChI is InChI=1S/C15H24N2O3S/c1-13(17-7-2-3-8-17)10-16-21(19,20)12-15-6-4-5-14(9-15)11-18/h4-6,9,13,16,18H,2-3,7-8,10-12H2,1H3. The van der Waals surface area contributed by atoms with Crippen LogP contribution in [0.3, 0.4) is 0 Å². The lowest BCUT2D eigenvalue weighted by Crippen LogP contribution is -2.40. The van der Waals surface area contributed by atoms with Gasteiger partial charge in [-0.25, -0.2) is 13.1 Å². The molecule has 1 aliphatic heterocycles. The molecule has 1 aliphatic rings. The van der Waals surface area contributed by atoms with E-state index in [-0.39, 0.29) is 18.4 Å². The van der Waals surface area contributed by atoms with Crippen molar-refractivity contribution in [2.24, 2.45) is 0 Å². The van der Waals surface area contributed by atoms with Crippen LogP contribution in [0.2, 0.25) is 0 Å². The van der Waals surface area contributed by atoms with Crippen LogP contribution in [-0.4, -0.2) is 44.1 Å². The van der Waals surface area contributed by atoms with Crippen LogP contribution in [0.1, 0.15) is 30.9 Å². The number of hydrogen-bond acceptors (Lipinski definition) is 4. The number of nitrogens with one attached hydrogen (secondary N) is 1. The van der Waals surface area contributed by atoms with Crippen LogP contribution in [0, 0.1) is 0 Å². The Bertz CT molecular complexity index is 554. The number of aliphatic hydroxyl groups is 1. The maximum Gasteiger partial charge on any atom is 0.215 e. The molecular formula is C15H24N2O3S. The first-order chi connectivity index (χ1) is 10.00. The molecular weight excluding hydrogens is 288 g/mol. The first-order valence-electron chi connectivity index (χ1n) is 7.40. The largest absolute Gasteiger partial charge is 0.392 e. The molecule has 1 aromatic carbocycles. The fourth-order valence-electron chi connectivity index (χ4n) is 2.65. The summed E-state index contributed by atoms with van der Waals surface area (Å²) in [5, 5.41) is 9.09. The van der Waals surface area contributed by atoms with Crippen molar-refractivity contribution in [2.75, 3.05) is 19.6 Å². The normalized spacial score (nSPS) is 18.0. The number of sulfonamides is 1. The van der Waals surface area contributed by atoms with E-state index in [2.05, 4.69) is 16.5 Å². The average Bonchev–Trinajstić information content (AvgIpc) is 2.99. The van der Waals surface area contributed by atoms with Gasteiger partial charge in [0.2, 0.25) is 10.0 Å². The van der Waals surface area contributed by atoms with Crippen LogP contribution in [0.5, 0.6) is 0 Å². The van der Waals surface area contributed by atoms with Gasteiger partial charge in [0.15, 0.2) is 0 Å². The van der Waals surface area contributed by atoms with E-state index in [4.69, 9.17) is 5.11 Å². The van der Waals surface area contributed by atoms with Gasteiger partial charge in [0, 0.05) is 12.6 Å². The molecule has 21 heavy (non-hydrogen) atoms. The Morgan fingerprint density at radius 1 is 1.29 bits per heavy atom. The Morgan fingerprint density at radius 3 is 2.62 bits per heavy atom. The molecule has 0 spiro atoms. The van der Waals surface area contributed by atoms with Crippen LogP contribution in [0.4, 0.5) is 0 Å². The third-order valence-electron chi connectivity index (χ3n) is 3.89. The second kappa shape index (κ2) is 7.35. The van der Waals surface area contributed by atoms with E-state index < -0.39 is 10.0 Å². The highest BCUT2D eigenvalue weighted by Crippen LogP contribution is 2.12. The lowest BCUT2D eigenvalue weighted by Gasteiger charge is -2.23. The van der Waals surface area contributed by atoms with Crippen molar-refractivity contribution < 1.29 is 13.5 Å². The molecule has 0 amide bonds. The monoisotopic (exact) mass is 312 g/mol. The summed E-state index contributed by atoms with van der Waals surface area (Å²) in [5.74, 6) is -0.0481. The molecule has 0 saturated carbocycles. The molecule has 6 heteroatoms. The number of aliphatic hydroxyl groups excluding tert-OH is 1. The first kappa shape index (κ1) is 16.4. The molecule has 0 bridgehead atoms. The van der Waals surface area contributed by atoms with Gasteiger partial charge in [0.1, 0.15) is 0 Å². The van der Waals surface area contributed by atoms with E-state index in [9.17, 15) is 8.42 Å². The van der Waals surface area contributed by atoms with Crippen LogP contribution in [0.25, 0.3) is 0 Å². The minimum atomic E-state index is -3.34. The molecule has 1 aromatic rings. The van der Waals surface area contributed by atoms with Crippen molar-refractivity contribution in [2.45, 2.75) is 38.2 Å². The lowest BCUT2D eigenvalue weighted by atomic mass is 10.1. The summed E-state index contributed by atoms with van der Waals surface area (Å²) in [6.07, 6.45) is 2.40. The van der Waals surface area contributed by atoms with Crippen molar-refractivity contribution in [3.8, 4) is 0 Å². The van der Waals surface area contributed by atoms with Gasteiger partial charge < -0.3 is 5.11 Å². The number of benzene rings is 1. The maximum absolute atomic E-state index is 12.1. The Balaban J connectivity index is 1.89. The fourth-order valence-corrected chi connectivity index (χ4v) is 3.86. The fraction of sp³-hybridized carbons (Fsp3) is 0.600. The summed E-state index contributed by atoms with van der Waals surface area (Å²) in [4.78, 5) is 2.31. The van der Waals surface area contributed by atoms with Gasteiger partial charge in [-0.15, -0.1) is 0 Å². The average molecular weight is 312 g/mol. The van der Waals surface area contributed by atoms with E-state index in [0.29, 0.717) is 12.1 Å². The van der Waals surface area contributed by atoms with Crippen molar-refractivity contribution in [3.63, 3.8) is 0 Å². The van der Waals surface area contributed by atoms with Crippen LogP contribution >= 0.6 is 0 Å². The molecule has 1 saturated heterocycles. The zero-order valence-corrected chi connectivity index (χ0v) is 13.3. The smallest absolute Gasteiger partial charge is 0.215 e. The van der Waals surface area contributed by atoms with Crippen LogP contribution in [-0.2, 0) is 22.4 Å². The molecule has 1 unspecified atom stereocenters. The third kappa shape index (κ3) is 5.07. The number of rotatable bonds is 7. The first-order valence-corrected chi connectivity index (χ1v) is 9.05. The molecule has 1 heterocycles. The van der Waals surface area contributed by atoms with E-state index in [0.717, 1.165) is 18.7 Å². The van der Waals surface area contributed by atoms with E-state index in [1.807, 2.05) is 0 Å². The SMILES string of the molecule is CC(CNS(=O)(=O)Cc1cccc(CO)c1)N1CCCC1. The highest BCUT2D eigenvalue weighted by Gasteiger charge is 2.20. The van der Waals surface area contributed by atoms with Crippen molar-refractivity contribution in [1.82, 2.24) is 9.62 Å². The quantitative estimate of drug-likeness (QED) is 0.790. The molecule has 1 atom stereocenters. The topological polar surface area (TPSA) is 69.6 Å². The van der Waals surface area contributed by atoms with Gasteiger partial charge in [-0.05, 0) is 44.0 Å². The second-order valence-electron chi connectivity index (χ2n) is 5.68. The summed E-state index contributed by atoms with van der Waals surface area (Å²) in [6.45, 7) is 4.54. The van der Waals surface area contributed by atoms with Crippen LogP contribution in [0.15, 0.2) is 24.3 Å². The van der Waals surface area contributed by atoms with Gasteiger partial charge in [-0.2, -0.15) is 0 Å². The van der Waals surface area contributed by atoms with Gasteiger partial charge in [0.05, 0.1) is 12.4 Å². The number of hydrogen-bond donors (Lipinski definition) is 2. The lowest BCUT2D eigenvalue weighted by molar-refractivity contribution is 0.260. The molecule has 118 valence electrons. The van der Waals surface area contributed by atoms with Crippen molar-refractivity contribution in [3.05, 3.63) is 35.4 Å². The summed E-state index contributed by atoms with van der Waals surface area (Å²) >= 11 is 0. The molecule has 0 aliphatic carbocycles. The zero-order chi connectivity index (χ0) is 15.3. The number of nitrogens with zero attached hydrogens (tertiary/aromatic N) is 1. The Morgan fingerprint density at radius 2 is 1.95 bits per heavy atom. The number of likely N-dealkylation sites (tertiary alicyclic amines) is 1. The Kier molecular flexibility index (Phi) is 5.75. The van der Waals surface area contributed by atoms with E-state index in [1.165, 1.54) is 12.8 Å². The third-order valence-corrected chi connectivity index (χ3v) is 5.21. The molecule has 2 rings (SSSR count). The zero-order valence-electron chi connectivity index (χ0n) is 12.5. The predicted molar refractivity (Wildman–Crippen MR) is 83.3 cm³/mol. The minimum Gasteiger partial charge on any atom is -0.392 e. The van der Waals surface area contributed by atoms with Crippen molar-refractivity contribution in [1.29, 1.82) is 0 Å². The van der Waals surface area contributed by atoms with E-state index >= 15 is 0 Å². The summed E-state index contributed by atoms with van der Waals surface area (Å²) in [5.41, 5.74) is 1.43. The summed E-state index contributed by atoms with van der Waals surface area (Å²) in [6, 6.07) is 7.26. The molecule has 0 radical (unpaired) electrons. The maximum atomic E-state index is 12.1. The second-order valence-corrected chi connectivity index (χ2v) is 7.48. The minimum absolute atomic E-state index is 0.0481. The Labute approximate surface area is 127 Å². The highest BCUT2D eigenvalue weighted by molar-refractivity contribution is 7.88. The summed E-state index contributed by atoms with van der Waals surface area (Å²) < 4.78 is 26.9.